The van der Waals surface area contributed by atoms with Gasteiger partial charge in [-0.15, -0.1) is 0 Å². The van der Waals surface area contributed by atoms with E-state index in [0.717, 1.165) is 12.0 Å². The average molecular weight is 219 g/mol. The minimum Gasteiger partial charge on any atom is -0.396 e. The lowest BCUT2D eigenvalue weighted by Gasteiger charge is -2.18. The van der Waals surface area contributed by atoms with E-state index in [-0.39, 0.29) is 18.6 Å². The van der Waals surface area contributed by atoms with Crippen molar-refractivity contribution in [2.75, 3.05) is 6.61 Å². The molecule has 0 aromatic heterocycles. The molecule has 1 aromatic carbocycles. The summed E-state index contributed by atoms with van der Waals surface area (Å²) in [5, 5.41) is 12.0. The number of aliphatic hydroxyl groups is 1. The fourth-order valence-electron chi connectivity index (χ4n) is 2.28. The van der Waals surface area contributed by atoms with Crippen LogP contribution in [0, 0.1) is 5.41 Å². The largest absolute Gasteiger partial charge is 0.396 e. The first-order valence-corrected chi connectivity index (χ1v) is 5.62. The van der Waals surface area contributed by atoms with Crippen LogP contribution in [0.2, 0.25) is 0 Å². The number of hydrogen-bond acceptors (Lipinski definition) is 2. The van der Waals surface area contributed by atoms with Crippen LogP contribution in [0.25, 0.3) is 0 Å². The molecule has 86 valence electrons. The molecule has 3 heteroatoms. The number of benzene rings is 1. The highest BCUT2D eigenvalue weighted by Gasteiger charge is 2.42. The number of aliphatic hydroxyl groups excluding tert-OH is 1. The summed E-state index contributed by atoms with van der Waals surface area (Å²) in [6.45, 7) is 1.98. The van der Waals surface area contributed by atoms with Gasteiger partial charge in [0, 0.05) is 6.61 Å². The second-order valence-electron chi connectivity index (χ2n) is 4.68. The van der Waals surface area contributed by atoms with Crippen molar-refractivity contribution >= 4 is 5.91 Å². The highest BCUT2D eigenvalue weighted by atomic mass is 16.3. The van der Waals surface area contributed by atoms with Crippen molar-refractivity contribution in [1.29, 1.82) is 0 Å². The van der Waals surface area contributed by atoms with Crippen LogP contribution in [0.15, 0.2) is 30.3 Å². The smallest absolute Gasteiger partial charge is 0.226 e. The molecule has 1 aliphatic heterocycles. The first kappa shape index (κ1) is 11.1. The maximum absolute atomic E-state index is 11.8. The van der Waals surface area contributed by atoms with E-state index in [1.54, 1.807) is 0 Å². The molecule has 0 bridgehead atoms. The number of hydrogen-bond donors (Lipinski definition) is 2. The molecule has 3 nitrogen and oxygen atoms in total. The quantitative estimate of drug-likeness (QED) is 0.812. The first-order chi connectivity index (χ1) is 7.65. The summed E-state index contributed by atoms with van der Waals surface area (Å²) in [7, 11) is 0. The lowest BCUT2D eigenvalue weighted by atomic mass is 9.83. The van der Waals surface area contributed by atoms with Gasteiger partial charge in [-0.1, -0.05) is 37.3 Å². The van der Waals surface area contributed by atoms with Crippen molar-refractivity contribution in [3.63, 3.8) is 0 Å². The van der Waals surface area contributed by atoms with Crippen molar-refractivity contribution < 1.29 is 9.90 Å². The van der Waals surface area contributed by atoms with Gasteiger partial charge in [-0.3, -0.25) is 4.79 Å². The Kier molecular flexibility index (Phi) is 2.97. The van der Waals surface area contributed by atoms with Crippen LogP contribution < -0.4 is 5.32 Å². The molecule has 2 N–H and O–H groups in total. The Bertz CT molecular complexity index is 377. The van der Waals surface area contributed by atoms with Gasteiger partial charge in [0.25, 0.3) is 0 Å². The summed E-state index contributed by atoms with van der Waals surface area (Å²) >= 11 is 0. The summed E-state index contributed by atoms with van der Waals surface area (Å²) in [6, 6.07) is 10.1. The molecule has 0 radical (unpaired) electrons. The van der Waals surface area contributed by atoms with E-state index in [0.29, 0.717) is 6.42 Å². The van der Waals surface area contributed by atoms with Crippen LogP contribution in [-0.2, 0) is 4.79 Å². The van der Waals surface area contributed by atoms with Gasteiger partial charge in [0.1, 0.15) is 0 Å². The molecule has 0 aliphatic carbocycles. The third kappa shape index (κ3) is 1.95. The second-order valence-corrected chi connectivity index (χ2v) is 4.68. The van der Waals surface area contributed by atoms with Crippen molar-refractivity contribution in [3.8, 4) is 0 Å². The SMILES string of the molecule is C[C@]1(CCO)C[C@@H](c2ccccc2)NC1=O. The third-order valence-electron chi connectivity index (χ3n) is 3.37. The van der Waals surface area contributed by atoms with Gasteiger partial charge in [0.05, 0.1) is 11.5 Å². The molecule has 1 aliphatic rings. The third-order valence-corrected chi connectivity index (χ3v) is 3.37. The lowest BCUT2D eigenvalue weighted by Crippen LogP contribution is -2.29. The minimum absolute atomic E-state index is 0.0513. The van der Waals surface area contributed by atoms with Crippen molar-refractivity contribution in [2.45, 2.75) is 25.8 Å². The summed E-state index contributed by atoms with van der Waals surface area (Å²) in [4.78, 5) is 11.8. The van der Waals surface area contributed by atoms with E-state index in [1.807, 2.05) is 37.3 Å². The molecule has 1 saturated heterocycles. The molecule has 2 rings (SSSR count). The van der Waals surface area contributed by atoms with Crippen LogP contribution in [0.1, 0.15) is 31.4 Å². The van der Waals surface area contributed by atoms with Gasteiger partial charge in [-0.2, -0.15) is 0 Å². The van der Waals surface area contributed by atoms with E-state index in [4.69, 9.17) is 5.11 Å². The standard InChI is InChI=1S/C13H17NO2/c1-13(7-8-15)9-11(14-12(13)16)10-5-3-2-4-6-10/h2-6,11,15H,7-9H2,1H3,(H,14,16)/t11-,13-/m0/s1. The molecule has 1 amide bonds. The molecule has 16 heavy (non-hydrogen) atoms. The van der Waals surface area contributed by atoms with Crippen LogP contribution in [0.3, 0.4) is 0 Å². The molecular formula is C13H17NO2. The van der Waals surface area contributed by atoms with Crippen LogP contribution in [-0.4, -0.2) is 17.6 Å². The van der Waals surface area contributed by atoms with E-state index in [1.165, 1.54) is 0 Å². The van der Waals surface area contributed by atoms with E-state index in [2.05, 4.69) is 5.32 Å². The summed E-state index contributed by atoms with van der Waals surface area (Å²) in [5.74, 6) is 0.0513. The number of carbonyl (C=O) groups excluding carboxylic acids is 1. The summed E-state index contributed by atoms with van der Waals surface area (Å²) in [5.41, 5.74) is 0.715. The predicted molar refractivity (Wildman–Crippen MR) is 61.8 cm³/mol. The fourth-order valence-corrected chi connectivity index (χ4v) is 2.28. The predicted octanol–water partition coefficient (Wildman–Crippen LogP) is 1.64. The van der Waals surface area contributed by atoms with Crippen LogP contribution in [0.5, 0.6) is 0 Å². The Morgan fingerprint density at radius 3 is 2.75 bits per heavy atom. The van der Waals surface area contributed by atoms with E-state index < -0.39 is 5.41 Å². The highest BCUT2D eigenvalue weighted by Crippen LogP contribution is 2.39. The Morgan fingerprint density at radius 2 is 2.12 bits per heavy atom. The van der Waals surface area contributed by atoms with Gasteiger partial charge in [-0.05, 0) is 18.4 Å². The van der Waals surface area contributed by atoms with Crippen LogP contribution >= 0.6 is 0 Å². The van der Waals surface area contributed by atoms with Crippen LogP contribution in [0.4, 0.5) is 0 Å². The Labute approximate surface area is 95.5 Å². The number of rotatable bonds is 3. The molecule has 1 heterocycles. The molecule has 1 aromatic rings. The molecular weight excluding hydrogens is 202 g/mol. The maximum atomic E-state index is 11.8. The maximum Gasteiger partial charge on any atom is 0.226 e. The zero-order valence-electron chi connectivity index (χ0n) is 9.44. The van der Waals surface area contributed by atoms with Crippen molar-refractivity contribution in [2.24, 2.45) is 5.41 Å². The molecule has 1 fully saturated rings. The van der Waals surface area contributed by atoms with Crippen molar-refractivity contribution in [3.05, 3.63) is 35.9 Å². The Hall–Kier alpha value is -1.35. The number of amides is 1. The van der Waals surface area contributed by atoms with Gasteiger partial charge >= 0.3 is 0 Å². The lowest BCUT2D eigenvalue weighted by molar-refractivity contribution is -0.127. The molecule has 2 atom stereocenters. The topological polar surface area (TPSA) is 49.3 Å². The molecule has 0 spiro atoms. The monoisotopic (exact) mass is 219 g/mol. The highest BCUT2D eigenvalue weighted by molar-refractivity contribution is 5.85. The molecule has 0 saturated carbocycles. The van der Waals surface area contributed by atoms with Gasteiger partial charge in [-0.25, -0.2) is 0 Å². The number of carbonyl (C=O) groups is 1. The Morgan fingerprint density at radius 1 is 1.44 bits per heavy atom. The number of nitrogens with one attached hydrogen (secondary N) is 1. The Balaban J connectivity index is 2.15. The van der Waals surface area contributed by atoms with E-state index >= 15 is 0 Å². The first-order valence-electron chi connectivity index (χ1n) is 5.62. The van der Waals surface area contributed by atoms with Gasteiger partial charge < -0.3 is 10.4 Å². The zero-order chi connectivity index (χ0) is 11.6. The molecule has 0 unspecified atom stereocenters. The van der Waals surface area contributed by atoms with Gasteiger partial charge in [0.15, 0.2) is 0 Å². The average Bonchev–Trinajstić information content (AvgIpc) is 2.57. The van der Waals surface area contributed by atoms with E-state index in [9.17, 15) is 4.79 Å². The minimum atomic E-state index is -0.421. The summed E-state index contributed by atoms with van der Waals surface area (Å²) in [6.07, 6.45) is 1.29. The summed E-state index contributed by atoms with van der Waals surface area (Å²) < 4.78 is 0. The fraction of sp³-hybridized carbons (Fsp3) is 0.462. The van der Waals surface area contributed by atoms with Crippen molar-refractivity contribution in [1.82, 2.24) is 5.32 Å². The zero-order valence-corrected chi connectivity index (χ0v) is 9.44. The second kappa shape index (κ2) is 4.26. The van der Waals surface area contributed by atoms with Gasteiger partial charge in [0.2, 0.25) is 5.91 Å². The normalized spacial score (nSPS) is 29.1.